The Kier molecular flexibility index (Phi) is 6.55. The van der Waals surface area contributed by atoms with Crippen LogP contribution >= 0.6 is 0 Å². The first kappa shape index (κ1) is 20.0. The van der Waals surface area contributed by atoms with Gasteiger partial charge in [0.1, 0.15) is 5.82 Å². The van der Waals surface area contributed by atoms with Crippen LogP contribution in [-0.2, 0) is 18.0 Å². The average Bonchev–Trinajstić information content (AvgIpc) is 2.74. The summed E-state index contributed by atoms with van der Waals surface area (Å²) < 4.78 is 13.5. The van der Waals surface area contributed by atoms with Gasteiger partial charge in [-0.2, -0.15) is 0 Å². The molecule has 3 aromatic rings. The third-order valence-corrected chi connectivity index (χ3v) is 4.16. The minimum atomic E-state index is -1.33. The number of rotatable bonds is 8. The lowest BCUT2D eigenvalue weighted by Gasteiger charge is -2.13. The van der Waals surface area contributed by atoms with E-state index in [-0.39, 0.29) is 13.2 Å². The highest BCUT2D eigenvalue weighted by atomic mass is 19.1. The van der Waals surface area contributed by atoms with Crippen molar-refractivity contribution < 1.29 is 23.9 Å². The molecule has 0 spiro atoms. The van der Waals surface area contributed by atoms with Crippen LogP contribution in [0.3, 0.4) is 0 Å². The zero-order chi connectivity index (χ0) is 20.6. The molecule has 0 saturated heterocycles. The fraction of sp³-hybridized carbons (Fsp3) is 0.0909. The van der Waals surface area contributed by atoms with Crippen molar-refractivity contribution in [1.82, 2.24) is 5.48 Å². The molecule has 0 bridgehead atoms. The molecule has 0 unspecified atom stereocenters. The summed E-state index contributed by atoms with van der Waals surface area (Å²) in [6.07, 6.45) is 0. The first-order valence-electron chi connectivity index (χ1n) is 8.85. The molecule has 29 heavy (non-hydrogen) atoms. The van der Waals surface area contributed by atoms with Crippen molar-refractivity contribution in [3.8, 4) is 0 Å². The van der Waals surface area contributed by atoms with Gasteiger partial charge in [0.2, 0.25) is 0 Å². The van der Waals surface area contributed by atoms with E-state index in [9.17, 15) is 14.0 Å². The Balaban J connectivity index is 1.63. The summed E-state index contributed by atoms with van der Waals surface area (Å²) >= 11 is 0. The van der Waals surface area contributed by atoms with Gasteiger partial charge in [-0.25, -0.2) is 14.7 Å². The largest absolute Gasteiger partial charge is 0.478 e. The highest BCUT2D eigenvalue weighted by Gasteiger charge is 2.13. The number of carboxylic acid groups (broad SMARTS) is 1. The molecule has 3 rings (SSSR count). The lowest BCUT2D eigenvalue weighted by molar-refractivity contribution is 0.0234. The third kappa shape index (κ3) is 5.40. The van der Waals surface area contributed by atoms with E-state index in [0.29, 0.717) is 16.8 Å². The van der Waals surface area contributed by atoms with Crippen LogP contribution in [0, 0.1) is 5.82 Å². The molecule has 0 fully saturated rings. The number of carbonyl (C=O) groups is 2. The lowest BCUT2D eigenvalue weighted by atomic mass is 10.1. The number of halogens is 1. The van der Waals surface area contributed by atoms with Gasteiger partial charge in [-0.1, -0.05) is 48.5 Å². The van der Waals surface area contributed by atoms with E-state index in [2.05, 4.69) is 10.8 Å². The summed E-state index contributed by atoms with van der Waals surface area (Å²) in [5.41, 5.74) is 4.40. The fourth-order valence-corrected chi connectivity index (χ4v) is 2.69. The van der Waals surface area contributed by atoms with Crippen molar-refractivity contribution in [2.45, 2.75) is 13.2 Å². The molecule has 6 nitrogen and oxygen atoms in total. The van der Waals surface area contributed by atoms with E-state index in [0.717, 1.165) is 11.6 Å². The van der Waals surface area contributed by atoms with Gasteiger partial charge in [0.15, 0.2) is 0 Å². The van der Waals surface area contributed by atoms with Gasteiger partial charge in [0, 0.05) is 12.2 Å². The highest BCUT2D eigenvalue weighted by molar-refractivity contribution is 5.99. The van der Waals surface area contributed by atoms with Gasteiger partial charge >= 0.3 is 5.97 Å². The third-order valence-electron chi connectivity index (χ3n) is 4.16. The van der Waals surface area contributed by atoms with Crippen molar-refractivity contribution in [1.29, 1.82) is 0 Å². The van der Waals surface area contributed by atoms with Gasteiger partial charge in [-0.3, -0.25) is 9.63 Å². The first-order chi connectivity index (χ1) is 14.0. The summed E-state index contributed by atoms with van der Waals surface area (Å²) in [7, 11) is 0. The second kappa shape index (κ2) is 9.48. The molecule has 0 atom stereocenters. The minimum Gasteiger partial charge on any atom is -0.478 e. The van der Waals surface area contributed by atoms with E-state index in [1.807, 2.05) is 30.3 Å². The van der Waals surface area contributed by atoms with Crippen LogP contribution in [0.15, 0.2) is 72.8 Å². The number of amides is 1. The van der Waals surface area contributed by atoms with Gasteiger partial charge < -0.3 is 10.4 Å². The highest BCUT2D eigenvalue weighted by Crippen LogP contribution is 2.18. The summed E-state index contributed by atoms with van der Waals surface area (Å²) in [5, 5.41) is 12.1. The van der Waals surface area contributed by atoms with Gasteiger partial charge in [0.25, 0.3) is 5.91 Å². The standard InChI is InChI=1S/C22H19FN2O4/c23-19-11-10-16(12-18(19)22(27)28)13-24-20-9-5-4-8-17(20)21(26)25-29-14-15-6-2-1-3-7-15/h1-12,24H,13-14H2,(H,25,26)(H,27,28). The number of para-hydroxylation sites is 1. The molecule has 148 valence electrons. The maximum absolute atomic E-state index is 13.5. The summed E-state index contributed by atoms with van der Waals surface area (Å²) in [6, 6.07) is 20.1. The predicted molar refractivity (Wildman–Crippen MR) is 106 cm³/mol. The normalized spacial score (nSPS) is 10.4. The Labute approximate surface area is 166 Å². The Morgan fingerprint density at radius 2 is 1.62 bits per heavy atom. The predicted octanol–water partition coefficient (Wildman–Crippen LogP) is 4.00. The zero-order valence-electron chi connectivity index (χ0n) is 15.4. The second-order valence-electron chi connectivity index (χ2n) is 6.22. The number of hydroxylamine groups is 1. The summed E-state index contributed by atoms with van der Waals surface area (Å²) in [4.78, 5) is 28.8. The van der Waals surface area contributed by atoms with E-state index in [1.165, 1.54) is 12.1 Å². The molecule has 0 aliphatic carbocycles. The molecule has 7 heteroatoms. The van der Waals surface area contributed by atoms with E-state index >= 15 is 0 Å². The topological polar surface area (TPSA) is 87.7 Å². The van der Waals surface area contributed by atoms with Crippen molar-refractivity contribution in [3.63, 3.8) is 0 Å². The Morgan fingerprint density at radius 3 is 2.38 bits per heavy atom. The van der Waals surface area contributed by atoms with Gasteiger partial charge in [0.05, 0.1) is 17.7 Å². The maximum Gasteiger partial charge on any atom is 0.338 e. The van der Waals surface area contributed by atoms with Crippen LogP contribution < -0.4 is 10.8 Å². The lowest BCUT2D eigenvalue weighted by Crippen LogP contribution is -2.24. The Morgan fingerprint density at radius 1 is 0.897 bits per heavy atom. The van der Waals surface area contributed by atoms with E-state index < -0.39 is 23.3 Å². The number of carboxylic acids is 1. The fourth-order valence-electron chi connectivity index (χ4n) is 2.69. The molecule has 0 radical (unpaired) electrons. The number of nitrogens with one attached hydrogen (secondary N) is 2. The van der Waals surface area contributed by atoms with Crippen LogP contribution in [0.1, 0.15) is 31.8 Å². The number of benzene rings is 3. The number of aromatic carboxylic acids is 1. The molecule has 0 saturated carbocycles. The molecule has 0 aliphatic rings. The second-order valence-corrected chi connectivity index (χ2v) is 6.22. The molecule has 0 aromatic heterocycles. The molecule has 0 aliphatic heterocycles. The molecule has 1 amide bonds. The number of carbonyl (C=O) groups excluding carboxylic acids is 1. The van der Waals surface area contributed by atoms with E-state index in [1.54, 1.807) is 24.3 Å². The first-order valence-corrected chi connectivity index (χ1v) is 8.85. The quantitative estimate of drug-likeness (QED) is 0.503. The van der Waals surface area contributed by atoms with Gasteiger partial charge in [-0.05, 0) is 35.4 Å². The number of anilines is 1. The smallest absolute Gasteiger partial charge is 0.338 e. The zero-order valence-corrected chi connectivity index (χ0v) is 15.4. The molecular weight excluding hydrogens is 375 g/mol. The van der Waals surface area contributed by atoms with Crippen LogP contribution in [0.4, 0.5) is 10.1 Å². The molecular formula is C22H19FN2O4. The summed E-state index contributed by atoms with van der Waals surface area (Å²) in [6.45, 7) is 0.450. The number of hydrogen-bond acceptors (Lipinski definition) is 4. The molecule has 0 heterocycles. The monoisotopic (exact) mass is 394 g/mol. The van der Waals surface area contributed by atoms with Crippen LogP contribution in [0.25, 0.3) is 0 Å². The average molecular weight is 394 g/mol. The molecule has 3 aromatic carbocycles. The Hall–Kier alpha value is -3.71. The number of hydrogen-bond donors (Lipinski definition) is 3. The SMILES string of the molecule is O=C(O)c1cc(CNc2ccccc2C(=O)NOCc2ccccc2)ccc1F. The van der Waals surface area contributed by atoms with Crippen molar-refractivity contribution in [3.05, 3.63) is 101 Å². The molecule has 3 N–H and O–H groups in total. The van der Waals surface area contributed by atoms with E-state index in [4.69, 9.17) is 9.94 Å². The maximum atomic E-state index is 13.5. The van der Waals surface area contributed by atoms with Crippen LogP contribution in [-0.4, -0.2) is 17.0 Å². The van der Waals surface area contributed by atoms with Crippen LogP contribution in [0.5, 0.6) is 0 Å². The Bertz CT molecular complexity index is 1010. The van der Waals surface area contributed by atoms with Crippen molar-refractivity contribution in [2.75, 3.05) is 5.32 Å². The van der Waals surface area contributed by atoms with Crippen molar-refractivity contribution in [2.24, 2.45) is 0 Å². The summed E-state index contributed by atoms with van der Waals surface area (Å²) in [5.74, 6) is -2.55. The van der Waals surface area contributed by atoms with Crippen molar-refractivity contribution >= 4 is 17.6 Å². The minimum absolute atomic E-state index is 0.218. The van der Waals surface area contributed by atoms with Gasteiger partial charge in [-0.15, -0.1) is 0 Å². The van der Waals surface area contributed by atoms with Crippen LogP contribution in [0.2, 0.25) is 0 Å².